The van der Waals surface area contributed by atoms with Crippen molar-refractivity contribution in [2.75, 3.05) is 13.1 Å². The molecule has 4 nitrogen and oxygen atoms in total. The molecule has 0 unspecified atom stereocenters. The minimum Gasteiger partial charge on any atom is -0.481 e. The predicted molar refractivity (Wildman–Crippen MR) is 70.5 cm³/mol. The molecule has 3 rings (SSSR count). The summed E-state index contributed by atoms with van der Waals surface area (Å²) in [5, 5.41) is 9.35. The van der Waals surface area contributed by atoms with Gasteiger partial charge in [0, 0.05) is 18.5 Å². The highest BCUT2D eigenvalue weighted by atomic mass is 16.4. The van der Waals surface area contributed by atoms with Gasteiger partial charge in [-0.15, -0.1) is 0 Å². The third-order valence-electron chi connectivity index (χ3n) is 5.64. The summed E-state index contributed by atoms with van der Waals surface area (Å²) < 4.78 is 0. The van der Waals surface area contributed by atoms with E-state index in [0.717, 1.165) is 38.5 Å². The van der Waals surface area contributed by atoms with Gasteiger partial charge >= 0.3 is 5.97 Å². The number of likely N-dealkylation sites (tertiary alicyclic amines) is 1. The molecule has 1 N–H and O–H groups in total. The van der Waals surface area contributed by atoms with E-state index < -0.39 is 5.97 Å². The van der Waals surface area contributed by atoms with Gasteiger partial charge in [-0.05, 0) is 43.9 Å². The van der Waals surface area contributed by atoms with Crippen molar-refractivity contribution in [3.63, 3.8) is 0 Å². The van der Waals surface area contributed by atoms with Gasteiger partial charge in [0.05, 0.1) is 5.92 Å². The first-order valence-corrected chi connectivity index (χ1v) is 7.59. The molecule has 1 aliphatic heterocycles. The number of hydrogen-bond donors (Lipinski definition) is 1. The number of amides is 1. The van der Waals surface area contributed by atoms with Gasteiger partial charge in [-0.3, -0.25) is 9.59 Å². The number of nitrogens with zero attached hydrogens (tertiary/aromatic N) is 1. The highest BCUT2D eigenvalue weighted by molar-refractivity contribution is 5.85. The van der Waals surface area contributed by atoms with Crippen LogP contribution in [0.5, 0.6) is 0 Å². The third-order valence-corrected chi connectivity index (χ3v) is 5.64. The normalized spacial score (nSPS) is 33.0. The van der Waals surface area contributed by atoms with Crippen LogP contribution in [0.1, 0.15) is 45.4 Å². The average Bonchev–Trinajstić information content (AvgIpc) is 3.07. The number of carbonyl (C=O) groups is 2. The summed E-state index contributed by atoms with van der Waals surface area (Å²) in [5.74, 6) is -0.0549. The first-order valence-electron chi connectivity index (χ1n) is 7.59. The van der Waals surface area contributed by atoms with Gasteiger partial charge < -0.3 is 10.0 Å². The van der Waals surface area contributed by atoms with Gasteiger partial charge in [0.15, 0.2) is 0 Å². The van der Waals surface area contributed by atoms with Gasteiger partial charge in [0.1, 0.15) is 0 Å². The lowest BCUT2D eigenvalue weighted by atomic mass is 9.66. The third kappa shape index (κ3) is 2.05. The van der Waals surface area contributed by atoms with Crippen LogP contribution in [0.25, 0.3) is 0 Å². The first-order chi connectivity index (χ1) is 9.07. The topological polar surface area (TPSA) is 57.6 Å². The number of carbonyl (C=O) groups excluding carboxylic acids is 1. The Balaban J connectivity index is 1.72. The summed E-state index contributed by atoms with van der Waals surface area (Å²) in [7, 11) is 0. The molecule has 0 aromatic heterocycles. The number of hydrogen-bond acceptors (Lipinski definition) is 2. The SMILES string of the molecule is CCC1(C(=O)N2C[C@H](C(=O)O)[C@@H](C3CC3)C2)CCC1. The summed E-state index contributed by atoms with van der Waals surface area (Å²) in [6.07, 6.45) is 6.32. The molecule has 19 heavy (non-hydrogen) atoms. The van der Waals surface area contributed by atoms with E-state index >= 15 is 0 Å². The second-order valence-corrected chi connectivity index (χ2v) is 6.64. The lowest BCUT2D eigenvalue weighted by molar-refractivity contribution is -0.147. The van der Waals surface area contributed by atoms with Crippen molar-refractivity contribution in [3.05, 3.63) is 0 Å². The zero-order chi connectivity index (χ0) is 13.6. The molecule has 1 heterocycles. The molecule has 3 fully saturated rings. The summed E-state index contributed by atoms with van der Waals surface area (Å²) in [6.45, 7) is 3.21. The molecular formula is C15H23NO3. The first kappa shape index (κ1) is 12.9. The second-order valence-electron chi connectivity index (χ2n) is 6.64. The molecule has 2 atom stereocenters. The van der Waals surface area contributed by atoms with Crippen molar-refractivity contribution in [3.8, 4) is 0 Å². The van der Waals surface area contributed by atoms with E-state index in [0.29, 0.717) is 19.0 Å². The quantitative estimate of drug-likeness (QED) is 0.847. The van der Waals surface area contributed by atoms with Crippen molar-refractivity contribution < 1.29 is 14.7 Å². The molecule has 1 amide bonds. The number of carboxylic acid groups (broad SMARTS) is 1. The Kier molecular flexibility index (Phi) is 3.06. The minimum absolute atomic E-state index is 0.151. The van der Waals surface area contributed by atoms with E-state index in [4.69, 9.17) is 0 Å². The molecule has 4 heteroatoms. The molecule has 1 saturated heterocycles. The maximum atomic E-state index is 12.7. The van der Waals surface area contributed by atoms with Crippen molar-refractivity contribution in [1.29, 1.82) is 0 Å². The molecule has 0 aromatic rings. The van der Waals surface area contributed by atoms with Crippen LogP contribution in [0, 0.1) is 23.2 Å². The van der Waals surface area contributed by atoms with Crippen LogP contribution in [-0.4, -0.2) is 35.0 Å². The minimum atomic E-state index is -0.716. The van der Waals surface area contributed by atoms with Gasteiger partial charge in [-0.2, -0.15) is 0 Å². The van der Waals surface area contributed by atoms with Crippen LogP contribution in [0.2, 0.25) is 0 Å². The Morgan fingerprint density at radius 1 is 1.26 bits per heavy atom. The molecule has 0 bridgehead atoms. The molecule has 2 saturated carbocycles. The Bertz CT molecular complexity index is 393. The van der Waals surface area contributed by atoms with E-state index in [-0.39, 0.29) is 23.2 Å². The van der Waals surface area contributed by atoms with E-state index in [1.807, 2.05) is 4.90 Å². The summed E-state index contributed by atoms with van der Waals surface area (Å²) in [5.41, 5.74) is -0.151. The maximum absolute atomic E-state index is 12.7. The predicted octanol–water partition coefficient (Wildman–Crippen LogP) is 2.14. The van der Waals surface area contributed by atoms with Gasteiger partial charge in [0.2, 0.25) is 5.91 Å². The van der Waals surface area contributed by atoms with Crippen molar-refractivity contribution in [1.82, 2.24) is 4.90 Å². The summed E-state index contributed by atoms with van der Waals surface area (Å²) in [6, 6.07) is 0. The summed E-state index contributed by atoms with van der Waals surface area (Å²) >= 11 is 0. The molecule has 3 aliphatic rings. The zero-order valence-electron chi connectivity index (χ0n) is 11.6. The smallest absolute Gasteiger partial charge is 0.308 e. The van der Waals surface area contributed by atoms with E-state index in [9.17, 15) is 14.7 Å². The molecule has 0 aromatic carbocycles. The van der Waals surface area contributed by atoms with E-state index in [1.165, 1.54) is 0 Å². The monoisotopic (exact) mass is 265 g/mol. The highest BCUT2D eigenvalue weighted by Gasteiger charge is 2.51. The van der Waals surface area contributed by atoms with Gasteiger partial charge in [0.25, 0.3) is 0 Å². The molecule has 0 radical (unpaired) electrons. The van der Waals surface area contributed by atoms with Crippen LogP contribution >= 0.6 is 0 Å². The zero-order valence-corrected chi connectivity index (χ0v) is 11.6. The lowest BCUT2D eigenvalue weighted by Crippen LogP contribution is -2.47. The molecule has 0 spiro atoms. The average molecular weight is 265 g/mol. The standard InChI is InChI=1S/C15H23NO3/c1-2-15(6-3-7-15)14(19)16-8-11(10-4-5-10)12(9-16)13(17)18/h10-12H,2-9H2,1H3,(H,17,18)/t11-,12+/m1/s1. The fourth-order valence-corrected chi connectivity index (χ4v) is 3.92. The number of carboxylic acids is 1. The fourth-order valence-electron chi connectivity index (χ4n) is 3.92. The Hall–Kier alpha value is -1.06. The van der Waals surface area contributed by atoms with Crippen LogP contribution in [0.4, 0.5) is 0 Å². The van der Waals surface area contributed by atoms with Crippen LogP contribution in [-0.2, 0) is 9.59 Å². The number of aliphatic carboxylic acids is 1. The Labute approximate surface area is 114 Å². The van der Waals surface area contributed by atoms with E-state index in [1.54, 1.807) is 0 Å². The van der Waals surface area contributed by atoms with Gasteiger partial charge in [-0.25, -0.2) is 0 Å². The summed E-state index contributed by atoms with van der Waals surface area (Å²) in [4.78, 5) is 25.9. The fraction of sp³-hybridized carbons (Fsp3) is 0.867. The molecule has 2 aliphatic carbocycles. The van der Waals surface area contributed by atoms with Gasteiger partial charge in [-0.1, -0.05) is 13.3 Å². The Morgan fingerprint density at radius 3 is 2.37 bits per heavy atom. The number of rotatable bonds is 4. The van der Waals surface area contributed by atoms with Crippen LogP contribution in [0.3, 0.4) is 0 Å². The van der Waals surface area contributed by atoms with E-state index in [2.05, 4.69) is 6.92 Å². The highest BCUT2D eigenvalue weighted by Crippen LogP contribution is 2.48. The molecular weight excluding hydrogens is 242 g/mol. The van der Waals surface area contributed by atoms with Crippen LogP contribution in [0.15, 0.2) is 0 Å². The van der Waals surface area contributed by atoms with Crippen LogP contribution < -0.4 is 0 Å². The Morgan fingerprint density at radius 2 is 1.95 bits per heavy atom. The second kappa shape index (κ2) is 4.50. The van der Waals surface area contributed by atoms with Crippen molar-refractivity contribution in [2.24, 2.45) is 23.2 Å². The largest absolute Gasteiger partial charge is 0.481 e. The lowest BCUT2D eigenvalue weighted by Gasteiger charge is -2.42. The maximum Gasteiger partial charge on any atom is 0.308 e. The van der Waals surface area contributed by atoms with Crippen molar-refractivity contribution in [2.45, 2.75) is 45.4 Å². The van der Waals surface area contributed by atoms with Crippen molar-refractivity contribution >= 4 is 11.9 Å². The molecule has 106 valence electrons.